The molecule has 3 heterocycles. The van der Waals surface area contributed by atoms with E-state index >= 15 is 0 Å². The van der Waals surface area contributed by atoms with E-state index in [4.69, 9.17) is 39.5 Å². The molecule has 5 rings (SSSR count). The fourth-order valence-electron chi connectivity index (χ4n) is 4.79. The lowest BCUT2D eigenvalue weighted by atomic mass is 10.1. The van der Waals surface area contributed by atoms with Gasteiger partial charge in [0.2, 0.25) is 5.91 Å². The Labute approximate surface area is 246 Å². The number of rotatable bonds is 6. The minimum absolute atomic E-state index is 0.139. The lowest BCUT2D eigenvalue weighted by Crippen LogP contribution is -2.53. The quantitative estimate of drug-likeness (QED) is 0.327. The largest absolute Gasteiger partial charge is 0.372 e. The van der Waals surface area contributed by atoms with Crippen LogP contribution >= 0.6 is 34.8 Å². The van der Waals surface area contributed by atoms with Crippen molar-refractivity contribution >= 4 is 58.6 Å². The molecule has 2 fully saturated rings. The maximum absolute atomic E-state index is 13.4. The first-order chi connectivity index (χ1) is 19.3. The van der Waals surface area contributed by atoms with Gasteiger partial charge in [-0.15, -0.1) is 0 Å². The molecule has 11 heteroatoms. The average Bonchev–Trinajstić information content (AvgIpc) is 3.42. The fraction of sp³-hybridized carbons (Fsp3) is 0.241. The normalized spacial score (nSPS) is 18.6. The number of fused-ring (bicyclic) bond motifs is 1. The predicted molar refractivity (Wildman–Crippen MR) is 153 cm³/mol. The summed E-state index contributed by atoms with van der Waals surface area (Å²) in [4.78, 5) is 46.2. The topological polar surface area (TPSA) is 91.8 Å². The number of likely N-dealkylation sites (tertiary alicyclic amines) is 1. The van der Waals surface area contributed by atoms with Crippen LogP contribution in [0.3, 0.4) is 0 Å². The van der Waals surface area contributed by atoms with E-state index in [2.05, 4.69) is 10.3 Å². The highest BCUT2D eigenvalue weighted by atomic mass is 35.5. The van der Waals surface area contributed by atoms with Crippen molar-refractivity contribution in [2.75, 3.05) is 26.2 Å². The Morgan fingerprint density at radius 2 is 1.75 bits per heavy atom. The van der Waals surface area contributed by atoms with Crippen molar-refractivity contribution in [2.24, 2.45) is 0 Å². The van der Waals surface area contributed by atoms with Crippen molar-refractivity contribution < 1.29 is 19.1 Å². The highest BCUT2D eigenvalue weighted by molar-refractivity contribution is 6.48. The molecule has 2 saturated heterocycles. The number of nitrogens with zero attached hydrogens (tertiary/aromatic N) is 3. The maximum atomic E-state index is 13.4. The Balaban J connectivity index is 1.19. The van der Waals surface area contributed by atoms with Crippen LogP contribution in [-0.4, -0.2) is 70.9 Å². The summed E-state index contributed by atoms with van der Waals surface area (Å²) in [5, 5.41) is 3.43. The summed E-state index contributed by atoms with van der Waals surface area (Å²) in [6, 6.07) is 13.5. The second kappa shape index (κ2) is 12.4. The van der Waals surface area contributed by atoms with Crippen LogP contribution in [0.2, 0.25) is 15.1 Å². The molecule has 2 aromatic carbocycles. The maximum Gasteiger partial charge on any atom is 0.254 e. The molecule has 0 aliphatic carbocycles. The van der Waals surface area contributed by atoms with Crippen molar-refractivity contribution in [2.45, 2.75) is 18.7 Å². The van der Waals surface area contributed by atoms with Crippen molar-refractivity contribution in [3.05, 3.63) is 104 Å². The average molecular weight is 600 g/mol. The number of aromatic nitrogens is 1. The second-order valence-electron chi connectivity index (χ2n) is 9.47. The van der Waals surface area contributed by atoms with E-state index < -0.39 is 0 Å². The molecule has 0 spiro atoms. The molecule has 40 heavy (non-hydrogen) atoms. The molecule has 0 unspecified atom stereocenters. The predicted octanol–water partition coefficient (Wildman–Crippen LogP) is 4.74. The Morgan fingerprint density at radius 1 is 1.00 bits per heavy atom. The summed E-state index contributed by atoms with van der Waals surface area (Å²) in [7, 11) is 0. The van der Waals surface area contributed by atoms with Crippen LogP contribution in [0.5, 0.6) is 0 Å². The van der Waals surface area contributed by atoms with Crippen LogP contribution in [0.15, 0.2) is 67.0 Å². The van der Waals surface area contributed by atoms with Crippen molar-refractivity contribution in [3.63, 3.8) is 0 Å². The number of hydrogen-bond donors (Lipinski definition) is 1. The molecule has 1 aromatic heterocycles. The summed E-state index contributed by atoms with van der Waals surface area (Å²) in [5.41, 5.74) is 2.54. The van der Waals surface area contributed by atoms with Gasteiger partial charge in [0.25, 0.3) is 11.8 Å². The molecule has 1 N–H and O–H groups in total. The lowest BCUT2D eigenvalue weighted by Gasteiger charge is -2.36. The first kappa shape index (κ1) is 28.1. The number of morpholine rings is 1. The van der Waals surface area contributed by atoms with Crippen LogP contribution in [0.25, 0.3) is 6.08 Å². The smallest absolute Gasteiger partial charge is 0.254 e. The zero-order valence-corrected chi connectivity index (χ0v) is 23.5. The van der Waals surface area contributed by atoms with Gasteiger partial charge >= 0.3 is 0 Å². The van der Waals surface area contributed by atoms with Gasteiger partial charge in [0.05, 0.1) is 33.8 Å². The van der Waals surface area contributed by atoms with Gasteiger partial charge in [-0.05, 0) is 47.5 Å². The number of benzene rings is 2. The van der Waals surface area contributed by atoms with Crippen LogP contribution in [0.4, 0.5) is 0 Å². The number of amides is 3. The van der Waals surface area contributed by atoms with Gasteiger partial charge in [0, 0.05) is 55.8 Å². The van der Waals surface area contributed by atoms with Crippen molar-refractivity contribution in [1.82, 2.24) is 20.1 Å². The van der Waals surface area contributed by atoms with Gasteiger partial charge in [-0.25, -0.2) is 0 Å². The van der Waals surface area contributed by atoms with E-state index in [1.807, 2.05) is 18.2 Å². The minimum atomic E-state index is -0.297. The van der Waals surface area contributed by atoms with E-state index in [1.54, 1.807) is 46.5 Å². The standard InChI is InChI=1S/C29H25Cl3N4O4/c30-22-12-21(13-23(31)27(22)32)28(38)35-16-24-25(17-35)40-11-10-36(24)29(39)20-6-3-19(4-7-20)15-34-26(37)8-5-18-2-1-9-33-14-18/h1-9,12-14,24-25H,10-11,15-17H2,(H,34,37)/b8-5+/t24-,25+/m0/s1. The molecule has 0 bridgehead atoms. The van der Waals surface area contributed by atoms with Gasteiger partial charge in [0.1, 0.15) is 0 Å². The molecular weight excluding hydrogens is 575 g/mol. The fourth-order valence-corrected chi connectivity index (χ4v) is 5.39. The molecule has 206 valence electrons. The van der Waals surface area contributed by atoms with Gasteiger partial charge in [-0.3, -0.25) is 19.4 Å². The molecule has 2 aliphatic rings. The first-order valence-corrected chi connectivity index (χ1v) is 13.7. The summed E-state index contributed by atoms with van der Waals surface area (Å²) in [6.07, 6.45) is 6.19. The number of nitrogens with one attached hydrogen (secondary N) is 1. The molecule has 8 nitrogen and oxygen atoms in total. The Kier molecular flexibility index (Phi) is 8.71. The Hall–Kier alpha value is -3.43. The van der Waals surface area contributed by atoms with Gasteiger partial charge in [-0.1, -0.05) is 53.0 Å². The number of halogens is 3. The second-order valence-corrected chi connectivity index (χ2v) is 10.7. The Morgan fingerprint density at radius 3 is 2.45 bits per heavy atom. The zero-order valence-electron chi connectivity index (χ0n) is 21.2. The number of pyridine rings is 1. The van der Waals surface area contributed by atoms with E-state index in [1.165, 1.54) is 18.2 Å². The number of carbonyl (C=O) groups excluding carboxylic acids is 3. The van der Waals surface area contributed by atoms with Gasteiger partial charge in [0.15, 0.2) is 0 Å². The zero-order chi connectivity index (χ0) is 28.2. The van der Waals surface area contributed by atoms with Crippen LogP contribution < -0.4 is 5.32 Å². The highest BCUT2D eigenvalue weighted by Gasteiger charge is 2.44. The SMILES string of the molecule is O=C(/C=C/c1cccnc1)NCc1ccc(C(=O)N2CCO[C@@H]3CN(C(=O)c4cc(Cl)c(Cl)c(Cl)c4)C[C@@H]32)cc1. The summed E-state index contributed by atoms with van der Waals surface area (Å²) in [6.45, 7) is 1.79. The molecular formula is C29H25Cl3N4O4. The van der Waals surface area contributed by atoms with Crippen molar-refractivity contribution in [1.29, 1.82) is 0 Å². The molecule has 2 aliphatic heterocycles. The third kappa shape index (κ3) is 6.31. The van der Waals surface area contributed by atoms with Gasteiger partial charge < -0.3 is 19.9 Å². The summed E-state index contributed by atoms with van der Waals surface area (Å²) in [5.74, 6) is -0.625. The third-order valence-corrected chi connectivity index (χ3v) is 8.06. The van der Waals surface area contributed by atoms with E-state index in [9.17, 15) is 14.4 Å². The Bertz CT molecular complexity index is 1430. The molecule has 3 aromatic rings. The number of hydrogen-bond acceptors (Lipinski definition) is 5. The molecule has 0 radical (unpaired) electrons. The minimum Gasteiger partial charge on any atom is -0.372 e. The summed E-state index contributed by atoms with van der Waals surface area (Å²) >= 11 is 18.3. The van der Waals surface area contributed by atoms with Crippen LogP contribution in [-0.2, 0) is 16.1 Å². The number of ether oxygens (including phenoxy) is 1. The monoisotopic (exact) mass is 598 g/mol. The molecule has 3 amide bonds. The third-order valence-electron chi connectivity index (χ3n) is 6.86. The van der Waals surface area contributed by atoms with Gasteiger partial charge in [-0.2, -0.15) is 0 Å². The highest BCUT2D eigenvalue weighted by Crippen LogP contribution is 2.33. The van der Waals surface area contributed by atoms with E-state index in [-0.39, 0.29) is 44.9 Å². The van der Waals surface area contributed by atoms with Crippen LogP contribution in [0, 0.1) is 0 Å². The first-order valence-electron chi connectivity index (χ1n) is 12.6. The van der Waals surface area contributed by atoms with Crippen LogP contribution in [0.1, 0.15) is 31.8 Å². The number of carbonyl (C=O) groups is 3. The molecule has 0 saturated carbocycles. The van der Waals surface area contributed by atoms with E-state index in [0.717, 1.165) is 11.1 Å². The van der Waals surface area contributed by atoms with Crippen molar-refractivity contribution in [3.8, 4) is 0 Å². The summed E-state index contributed by atoms with van der Waals surface area (Å²) < 4.78 is 5.91. The lowest BCUT2D eigenvalue weighted by molar-refractivity contribution is -0.116. The van der Waals surface area contributed by atoms with E-state index in [0.29, 0.717) is 43.9 Å². The molecule has 2 atom stereocenters.